The topological polar surface area (TPSA) is 55.8 Å². The Morgan fingerprint density at radius 3 is 2.94 bits per heavy atom. The lowest BCUT2D eigenvalue weighted by Crippen LogP contribution is -2.24. The second-order valence-corrected chi connectivity index (χ2v) is 3.62. The molecule has 0 aliphatic rings. The predicted molar refractivity (Wildman–Crippen MR) is 63.8 cm³/mol. The van der Waals surface area contributed by atoms with Crippen molar-refractivity contribution in [2.45, 2.75) is 13.0 Å². The van der Waals surface area contributed by atoms with E-state index in [9.17, 15) is 9.90 Å². The van der Waals surface area contributed by atoms with Crippen LogP contribution in [0, 0.1) is 6.92 Å². The zero-order valence-electron chi connectivity index (χ0n) is 9.76. The lowest BCUT2D eigenvalue weighted by molar-refractivity contribution is -0.141. The number of rotatable bonds is 6. The molecule has 0 aromatic heterocycles. The fraction of sp³-hybridized carbons (Fsp3) is 0.308. The van der Waals surface area contributed by atoms with E-state index in [0.29, 0.717) is 5.75 Å². The second-order valence-electron chi connectivity index (χ2n) is 3.62. The highest BCUT2D eigenvalue weighted by Crippen LogP contribution is 2.12. The van der Waals surface area contributed by atoms with Gasteiger partial charge in [-0.1, -0.05) is 18.7 Å². The third-order valence-electron chi connectivity index (χ3n) is 2.02. The van der Waals surface area contributed by atoms with Gasteiger partial charge in [0.15, 0.2) is 0 Å². The monoisotopic (exact) mass is 236 g/mol. The van der Waals surface area contributed by atoms with Gasteiger partial charge in [0.1, 0.15) is 25.1 Å². The number of benzene rings is 1. The minimum atomic E-state index is -0.848. The van der Waals surface area contributed by atoms with Crippen molar-refractivity contribution >= 4 is 5.97 Å². The quantitative estimate of drug-likeness (QED) is 0.600. The number of hydrogen-bond donors (Lipinski definition) is 1. The van der Waals surface area contributed by atoms with Gasteiger partial charge >= 0.3 is 5.97 Å². The number of ether oxygens (including phenoxy) is 2. The van der Waals surface area contributed by atoms with Crippen molar-refractivity contribution in [2.24, 2.45) is 0 Å². The van der Waals surface area contributed by atoms with Crippen LogP contribution in [0.4, 0.5) is 0 Å². The minimum Gasteiger partial charge on any atom is -0.491 e. The molecule has 0 spiro atoms. The highest BCUT2D eigenvalue weighted by Gasteiger charge is 2.07. The molecule has 4 heteroatoms. The first kappa shape index (κ1) is 13.3. The van der Waals surface area contributed by atoms with Gasteiger partial charge in [0.25, 0.3) is 0 Å². The zero-order chi connectivity index (χ0) is 12.7. The van der Waals surface area contributed by atoms with Gasteiger partial charge in [-0.3, -0.25) is 0 Å². The van der Waals surface area contributed by atoms with Gasteiger partial charge in [-0.15, -0.1) is 0 Å². The van der Waals surface area contributed by atoms with Gasteiger partial charge in [-0.2, -0.15) is 0 Å². The van der Waals surface area contributed by atoms with Gasteiger partial charge in [0, 0.05) is 6.08 Å². The van der Waals surface area contributed by atoms with Crippen molar-refractivity contribution in [1.82, 2.24) is 0 Å². The van der Waals surface area contributed by atoms with Crippen LogP contribution in [0.25, 0.3) is 0 Å². The standard InChI is InChI=1S/C13H16O4/c1-3-13(15)17-9-11(14)8-16-12-6-4-5-10(2)7-12/h3-7,11,14H,1,8-9H2,2H3/t11-/m1/s1. The van der Waals surface area contributed by atoms with E-state index in [2.05, 4.69) is 11.3 Å². The summed E-state index contributed by atoms with van der Waals surface area (Å²) in [5, 5.41) is 9.49. The molecular formula is C13H16O4. The summed E-state index contributed by atoms with van der Waals surface area (Å²) in [5.74, 6) is 0.124. The van der Waals surface area contributed by atoms with Crippen LogP contribution in [0.1, 0.15) is 5.56 Å². The van der Waals surface area contributed by atoms with Crippen LogP contribution in [-0.2, 0) is 9.53 Å². The molecule has 0 fully saturated rings. The Balaban J connectivity index is 2.30. The van der Waals surface area contributed by atoms with Gasteiger partial charge < -0.3 is 14.6 Å². The third kappa shape index (κ3) is 5.17. The molecule has 0 bridgehead atoms. The first-order valence-electron chi connectivity index (χ1n) is 5.28. The Labute approximate surface area is 100 Å². The van der Waals surface area contributed by atoms with Crippen molar-refractivity contribution in [3.63, 3.8) is 0 Å². The maximum absolute atomic E-state index is 10.7. The average molecular weight is 236 g/mol. The normalized spacial score (nSPS) is 11.6. The van der Waals surface area contributed by atoms with E-state index in [1.807, 2.05) is 25.1 Å². The summed E-state index contributed by atoms with van der Waals surface area (Å²) < 4.78 is 10.0. The predicted octanol–water partition coefficient (Wildman–Crippen LogP) is 1.46. The van der Waals surface area contributed by atoms with Crippen molar-refractivity contribution in [3.05, 3.63) is 42.5 Å². The van der Waals surface area contributed by atoms with Gasteiger partial charge in [0.2, 0.25) is 0 Å². The van der Waals surface area contributed by atoms with Gasteiger partial charge in [-0.25, -0.2) is 4.79 Å². The van der Waals surface area contributed by atoms with E-state index in [1.54, 1.807) is 6.07 Å². The van der Waals surface area contributed by atoms with Crippen LogP contribution in [0.3, 0.4) is 0 Å². The van der Waals surface area contributed by atoms with E-state index < -0.39 is 12.1 Å². The fourth-order valence-corrected chi connectivity index (χ4v) is 1.18. The fourth-order valence-electron chi connectivity index (χ4n) is 1.18. The molecule has 1 N–H and O–H groups in total. The van der Waals surface area contributed by atoms with Gasteiger partial charge in [-0.05, 0) is 24.6 Å². The molecule has 0 heterocycles. The first-order chi connectivity index (χ1) is 8.11. The number of esters is 1. The summed E-state index contributed by atoms with van der Waals surface area (Å²) in [5.41, 5.74) is 1.08. The van der Waals surface area contributed by atoms with E-state index in [-0.39, 0.29) is 13.2 Å². The molecule has 4 nitrogen and oxygen atoms in total. The van der Waals surface area contributed by atoms with E-state index >= 15 is 0 Å². The summed E-state index contributed by atoms with van der Waals surface area (Å²) in [6.07, 6.45) is 0.202. The van der Waals surface area contributed by atoms with Crippen molar-refractivity contribution in [1.29, 1.82) is 0 Å². The molecular weight excluding hydrogens is 220 g/mol. The molecule has 17 heavy (non-hydrogen) atoms. The average Bonchev–Trinajstić information content (AvgIpc) is 2.33. The number of carbonyl (C=O) groups excluding carboxylic acids is 1. The Morgan fingerprint density at radius 1 is 1.53 bits per heavy atom. The number of aliphatic hydroxyl groups excluding tert-OH is 1. The van der Waals surface area contributed by atoms with E-state index in [0.717, 1.165) is 11.6 Å². The summed E-state index contributed by atoms with van der Waals surface area (Å²) >= 11 is 0. The number of aliphatic hydroxyl groups is 1. The zero-order valence-corrected chi connectivity index (χ0v) is 9.76. The maximum Gasteiger partial charge on any atom is 0.330 e. The van der Waals surface area contributed by atoms with Crippen LogP contribution >= 0.6 is 0 Å². The lowest BCUT2D eigenvalue weighted by atomic mass is 10.2. The molecule has 0 aliphatic carbocycles. The molecule has 0 aliphatic heterocycles. The minimum absolute atomic E-state index is 0.0773. The number of hydrogen-bond acceptors (Lipinski definition) is 4. The van der Waals surface area contributed by atoms with Crippen LogP contribution in [0.5, 0.6) is 5.75 Å². The maximum atomic E-state index is 10.7. The molecule has 1 rings (SSSR count). The van der Waals surface area contributed by atoms with Crippen LogP contribution in [0.15, 0.2) is 36.9 Å². The molecule has 1 atom stereocenters. The summed E-state index contributed by atoms with van der Waals surface area (Å²) in [6, 6.07) is 7.49. The number of carbonyl (C=O) groups is 1. The SMILES string of the molecule is C=CC(=O)OC[C@H](O)COc1cccc(C)c1. The van der Waals surface area contributed by atoms with Crippen molar-refractivity contribution in [3.8, 4) is 5.75 Å². The molecule has 0 saturated carbocycles. The first-order valence-corrected chi connectivity index (χ1v) is 5.28. The molecule has 0 amide bonds. The Bertz CT molecular complexity index is 387. The Kier molecular flexibility index (Phi) is 5.23. The Morgan fingerprint density at radius 2 is 2.29 bits per heavy atom. The molecule has 1 aromatic rings. The third-order valence-corrected chi connectivity index (χ3v) is 2.02. The molecule has 1 aromatic carbocycles. The van der Waals surface area contributed by atoms with Crippen LogP contribution < -0.4 is 4.74 Å². The summed E-state index contributed by atoms with van der Waals surface area (Å²) in [6.45, 7) is 5.18. The highest BCUT2D eigenvalue weighted by atomic mass is 16.5. The van der Waals surface area contributed by atoms with Gasteiger partial charge in [0.05, 0.1) is 0 Å². The summed E-state index contributed by atoms with van der Waals surface area (Å²) in [7, 11) is 0. The largest absolute Gasteiger partial charge is 0.491 e. The van der Waals surface area contributed by atoms with Crippen molar-refractivity contribution < 1.29 is 19.4 Å². The van der Waals surface area contributed by atoms with E-state index in [4.69, 9.17) is 4.74 Å². The highest BCUT2D eigenvalue weighted by molar-refractivity contribution is 5.81. The van der Waals surface area contributed by atoms with Crippen molar-refractivity contribution in [2.75, 3.05) is 13.2 Å². The Hall–Kier alpha value is -1.81. The lowest BCUT2D eigenvalue weighted by Gasteiger charge is -2.12. The molecule has 0 radical (unpaired) electrons. The molecule has 92 valence electrons. The van der Waals surface area contributed by atoms with Crippen LogP contribution in [-0.4, -0.2) is 30.4 Å². The molecule has 0 unspecified atom stereocenters. The second kappa shape index (κ2) is 6.70. The molecule has 0 saturated heterocycles. The van der Waals surface area contributed by atoms with Crippen LogP contribution in [0.2, 0.25) is 0 Å². The van der Waals surface area contributed by atoms with E-state index in [1.165, 1.54) is 0 Å². The summed E-state index contributed by atoms with van der Waals surface area (Å²) in [4.78, 5) is 10.7. The number of aryl methyl sites for hydroxylation is 1. The smallest absolute Gasteiger partial charge is 0.330 e.